The van der Waals surface area contributed by atoms with Crippen molar-refractivity contribution in [1.29, 1.82) is 0 Å². The maximum Gasteiger partial charge on any atom is 0.340 e. The highest BCUT2D eigenvalue weighted by molar-refractivity contribution is 6.07. The normalized spacial score (nSPS) is 16.2. The number of para-hydroxylation sites is 1. The molecule has 1 aliphatic rings. The Morgan fingerprint density at radius 1 is 1.21 bits per heavy atom. The molecule has 0 spiro atoms. The number of nitrogens with one attached hydrogen (secondary N) is 1. The minimum Gasteiger partial charge on any atom is -0.462 e. The van der Waals surface area contributed by atoms with Crippen molar-refractivity contribution >= 4 is 29.2 Å². The van der Waals surface area contributed by atoms with Crippen molar-refractivity contribution in [3.63, 3.8) is 0 Å². The van der Waals surface area contributed by atoms with E-state index in [0.717, 1.165) is 12.1 Å². The predicted molar refractivity (Wildman–Crippen MR) is 97.8 cm³/mol. The minimum absolute atomic E-state index is 0.0316. The van der Waals surface area contributed by atoms with Gasteiger partial charge in [0.2, 0.25) is 11.8 Å². The fraction of sp³-hybridized carbons (Fsp3) is 0.250. The Labute approximate surface area is 160 Å². The van der Waals surface area contributed by atoms with Gasteiger partial charge in [0.1, 0.15) is 11.6 Å². The van der Waals surface area contributed by atoms with Gasteiger partial charge in [-0.25, -0.2) is 13.6 Å². The lowest BCUT2D eigenvalue weighted by atomic mass is 10.1. The molecule has 1 atom stereocenters. The van der Waals surface area contributed by atoms with E-state index in [1.54, 1.807) is 31.2 Å². The van der Waals surface area contributed by atoms with Gasteiger partial charge >= 0.3 is 5.97 Å². The molecule has 28 heavy (non-hydrogen) atoms. The first kappa shape index (κ1) is 19.5. The van der Waals surface area contributed by atoms with Gasteiger partial charge in [-0.15, -0.1) is 0 Å². The summed E-state index contributed by atoms with van der Waals surface area (Å²) in [5.74, 6) is -3.86. The fourth-order valence-electron chi connectivity index (χ4n) is 3.03. The molecule has 1 unspecified atom stereocenters. The number of anilines is 2. The maximum atomic E-state index is 13.7. The van der Waals surface area contributed by atoms with E-state index in [9.17, 15) is 23.2 Å². The van der Waals surface area contributed by atoms with Crippen LogP contribution < -0.4 is 10.2 Å². The third kappa shape index (κ3) is 4.00. The highest BCUT2D eigenvalue weighted by Gasteiger charge is 2.37. The van der Waals surface area contributed by atoms with Crippen LogP contribution in [-0.2, 0) is 14.3 Å². The number of carbonyl (C=O) groups is 3. The van der Waals surface area contributed by atoms with Crippen molar-refractivity contribution in [3.05, 3.63) is 59.7 Å². The summed E-state index contributed by atoms with van der Waals surface area (Å²) < 4.78 is 31.8. The Morgan fingerprint density at radius 2 is 1.96 bits per heavy atom. The van der Waals surface area contributed by atoms with E-state index in [1.165, 1.54) is 4.90 Å². The molecular weight excluding hydrogens is 370 g/mol. The smallest absolute Gasteiger partial charge is 0.340 e. The van der Waals surface area contributed by atoms with Crippen LogP contribution >= 0.6 is 0 Å². The first-order valence-corrected chi connectivity index (χ1v) is 8.73. The molecule has 8 heteroatoms. The van der Waals surface area contributed by atoms with Crippen molar-refractivity contribution in [2.75, 3.05) is 23.4 Å². The van der Waals surface area contributed by atoms with E-state index in [2.05, 4.69) is 5.32 Å². The van der Waals surface area contributed by atoms with Crippen molar-refractivity contribution in [1.82, 2.24) is 0 Å². The van der Waals surface area contributed by atoms with E-state index < -0.39 is 29.4 Å². The maximum absolute atomic E-state index is 13.7. The Balaban J connectivity index is 1.77. The van der Waals surface area contributed by atoms with Gasteiger partial charge in [0, 0.05) is 19.0 Å². The molecule has 0 aliphatic carbocycles. The van der Waals surface area contributed by atoms with Crippen LogP contribution in [0.2, 0.25) is 0 Å². The summed E-state index contributed by atoms with van der Waals surface area (Å²) in [5.41, 5.74) is 0.418. The van der Waals surface area contributed by atoms with Crippen molar-refractivity contribution in [2.24, 2.45) is 5.92 Å². The topological polar surface area (TPSA) is 75.7 Å². The van der Waals surface area contributed by atoms with Crippen molar-refractivity contribution < 1.29 is 27.9 Å². The van der Waals surface area contributed by atoms with E-state index in [-0.39, 0.29) is 36.7 Å². The average molecular weight is 388 g/mol. The van der Waals surface area contributed by atoms with E-state index >= 15 is 0 Å². The molecule has 0 saturated carbocycles. The van der Waals surface area contributed by atoms with Crippen LogP contribution in [0.25, 0.3) is 0 Å². The molecule has 1 heterocycles. The zero-order valence-electron chi connectivity index (χ0n) is 15.1. The molecule has 2 aromatic rings. The number of carbonyl (C=O) groups excluding carboxylic acids is 3. The van der Waals surface area contributed by atoms with Crippen LogP contribution in [0.4, 0.5) is 20.2 Å². The van der Waals surface area contributed by atoms with Crippen LogP contribution in [0.15, 0.2) is 42.5 Å². The molecule has 0 aromatic heterocycles. The number of hydrogen-bond acceptors (Lipinski definition) is 4. The predicted octanol–water partition coefficient (Wildman–Crippen LogP) is 3.13. The number of amides is 2. The summed E-state index contributed by atoms with van der Waals surface area (Å²) in [4.78, 5) is 38.4. The molecule has 1 saturated heterocycles. The first-order valence-electron chi connectivity index (χ1n) is 8.73. The number of esters is 1. The quantitative estimate of drug-likeness (QED) is 0.799. The lowest BCUT2D eigenvalue weighted by Crippen LogP contribution is -2.29. The van der Waals surface area contributed by atoms with Gasteiger partial charge in [-0.1, -0.05) is 12.1 Å². The molecule has 3 rings (SSSR count). The number of nitrogens with zero attached hydrogens (tertiary/aromatic N) is 1. The third-order valence-electron chi connectivity index (χ3n) is 4.38. The number of ether oxygens (including phenoxy) is 1. The second kappa shape index (κ2) is 8.16. The molecule has 6 nitrogen and oxygen atoms in total. The number of hydrogen-bond donors (Lipinski definition) is 1. The highest BCUT2D eigenvalue weighted by atomic mass is 19.1. The summed E-state index contributed by atoms with van der Waals surface area (Å²) in [6.07, 6.45) is -0.0915. The summed E-state index contributed by atoms with van der Waals surface area (Å²) >= 11 is 0. The van der Waals surface area contributed by atoms with E-state index in [0.29, 0.717) is 11.8 Å². The summed E-state index contributed by atoms with van der Waals surface area (Å²) in [6.45, 7) is 1.90. The summed E-state index contributed by atoms with van der Waals surface area (Å²) in [6, 6.07) is 9.28. The van der Waals surface area contributed by atoms with E-state index in [4.69, 9.17) is 4.74 Å². The Bertz CT molecular complexity index is 932. The van der Waals surface area contributed by atoms with Crippen LogP contribution in [-0.4, -0.2) is 30.9 Å². The van der Waals surface area contributed by atoms with Gasteiger partial charge < -0.3 is 15.0 Å². The lowest BCUT2D eigenvalue weighted by molar-refractivity contribution is -0.122. The molecule has 1 N–H and O–H groups in total. The first-order chi connectivity index (χ1) is 13.4. The molecule has 0 radical (unpaired) electrons. The standard InChI is InChI=1S/C20H18F2N2O4/c1-2-28-20(27)14-5-3-4-6-17(14)24-11-12(9-18(24)25)19(26)23-16-8-7-13(21)10-15(16)22/h3-8,10,12H,2,9,11H2,1H3,(H,23,26). The van der Waals surface area contributed by atoms with Gasteiger partial charge in [-0.3, -0.25) is 9.59 Å². The van der Waals surface area contributed by atoms with Gasteiger partial charge in [-0.2, -0.15) is 0 Å². The van der Waals surface area contributed by atoms with Gasteiger partial charge in [0.15, 0.2) is 0 Å². The van der Waals surface area contributed by atoms with Crippen LogP contribution in [0, 0.1) is 17.6 Å². The minimum atomic E-state index is -0.901. The van der Waals surface area contributed by atoms with E-state index in [1.807, 2.05) is 0 Å². The Morgan fingerprint density at radius 3 is 2.68 bits per heavy atom. The number of rotatable bonds is 5. The summed E-state index contributed by atoms with van der Waals surface area (Å²) in [7, 11) is 0. The largest absolute Gasteiger partial charge is 0.462 e. The third-order valence-corrected chi connectivity index (χ3v) is 4.38. The lowest BCUT2D eigenvalue weighted by Gasteiger charge is -2.19. The zero-order chi connectivity index (χ0) is 20.3. The van der Waals surface area contributed by atoms with Crippen LogP contribution in [0.3, 0.4) is 0 Å². The molecule has 1 aliphatic heterocycles. The second-order valence-electron chi connectivity index (χ2n) is 6.26. The van der Waals surface area contributed by atoms with Crippen molar-refractivity contribution in [2.45, 2.75) is 13.3 Å². The molecular formula is C20H18F2N2O4. The molecule has 1 fully saturated rings. The zero-order valence-corrected chi connectivity index (χ0v) is 15.1. The number of halogens is 2. The Hall–Kier alpha value is -3.29. The van der Waals surface area contributed by atoms with Gasteiger partial charge in [0.25, 0.3) is 0 Å². The monoisotopic (exact) mass is 388 g/mol. The second-order valence-corrected chi connectivity index (χ2v) is 6.26. The summed E-state index contributed by atoms with van der Waals surface area (Å²) in [5, 5.41) is 2.38. The highest BCUT2D eigenvalue weighted by Crippen LogP contribution is 2.29. The van der Waals surface area contributed by atoms with Gasteiger partial charge in [0.05, 0.1) is 29.5 Å². The molecule has 146 valence electrons. The molecule has 2 aromatic carbocycles. The number of benzene rings is 2. The SMILES string of the molecule is CCOC(=O)c1ccccc1N1CC(C(=O)Nc2ccc(F)cc2F)CC1=O. The molecule has 2 amide bonds. The van der Waals surface area contributed by atoms with Crippen LogP contribution in [0.1, 0.15) is 23.7 Å². The fourth-order valence-corrected chi connectivity index (χ4v) is 3.03. The van der Waals surface area contributed by atoms with Crippen molar-refractivity contribution in [3.8, 4) is 0 Å². The average Bonchev–Trinajstić information content (AvgIpc) is 3.06. The molecule has 0 bridgehead atoms. The van der Waals surface area contributed by atoms with Gasteiger partial charge in [-0.05, 0) is 31.2 Å². The van der Waals surface area contributed by atoms with Crippen LogP contribution in [0.5, 0.6) is 0 Å². The Kier molecular flexibility index (Phi) is 5.67.